The summed E-state index contributed by atoms with van der Waals surface area (Å²) in [5.41, 5.74) is 1.53. The lowest BCUT2D eigenvalue weighted by Gasteiger charge is -2.07. The lowest BCUT2D eigenvalue weighted by molar-refractivity contribution is 0.0951. The first-order valence-corrected chi connectivity index (χ1v) is 5.63. The van der Waals surface area contributed by atoms with Crippen molar-refractivity contribution in [2.75, 3.05) is 18.9 Å². The highest BCUT2D eigenvalue weighted by atomic mass is 16.1. The molecule has 1 saturated carbocycles. The predicted octanol–water partition coefficient (Wildman–Crippen LogP) is 1.57. The van der Waals surface area contributed by atoms with Crippen LogP contribution in [-0.2, 0) is 0 Å². The van der Waals surface area contributed by atoms with Crippen LogP contribution in [0.5, 0.6) is 0 Å². The number of amides is 1. The molecule has 1 aromatic heterocycles. The van der Waals surface area contributed by atoms with E-state index in [0.29, 0.717) is 11.5 Å². The van der Waals surface area contributed by atoms with Crippen LogP contribution < -0.4 is 10.6 Å². The first-order valence-electron chi connectivity index (χ1n) is 5.63. The molecule has 1 aliphatic carbocycles. The van der Waals surface area contributed by atoms with Crippen molar-refractivity contribution < 1.29 is 4.79 Å². The third kappa shape index (κ3) is 2.72. The maximum Gasteiger partial charge on any atom is 0.251 e. The standard InChI is InChI=1S/C12H17N3O/c1-8-5-10(6-11(13-2)15-8)12(16)14-7-9-3-4-9/h5-6,9H,3-4,7H2,1-2H3,(H,13,15)(H,14,16). The summed E-state index contributed by atoms with van der Waals surface area (Å²) in [6, 6.07) is 3.58. The molecule has 1 amide bonds. The third-order valence-electron chi connectivity index (χ3n) is 2.72. The highest BCUT2D eigenvalue weighted by Gasteiger charge is 2.21. The minimum atomic E-state index is -0.00565. The van der Waals surface area contributed by atoms with Gasteiger partial charge in [-0.3, -0.25) is 4.79 Å². The van der Waals surface area contributed by atoms with Crippen molar-refractivity contribution in [2.45, 2.75) is 19.8 Å². The largest absolute Gasteiger partial charge is 0.373 e. The van der Waals surface area contributed by atoms with Crippen molar-refractivity contribution in [1.82, 2.24) is 10.3 Å². The summed E-state index contributed by atoms with van der Waals surface area (Å²) < 4.78 is 0. The van der Waals surface area contributed by atoms with Gasteiger partial charge >= 0.3 is 0 Å². The van der Waals surface area contributed by atoms with Crippen LogP contribution in [0, 0.1) is 12.8 Å². The summed E-state index contributed by atoms with van der Waals surface area (Å²) >= 11 is 0. The molecule has 16 heavy (non-hydrogen) atoms. The molecule has 0 saturated heterocycles. The Labute approximate surface area is 95.5 Å². The lowest BCUT2D eigenvalue weighted by atomic mass is 10.2. The summed E-state index contributed by atoms with van der Waals surface area (Å²) in [4.78, 5) is 16.1. The second-order valence-corrected chi connectivity index (χ2v) is 4.29. The minimum absolute atomic E-state index is 0.00565. The van der Waals surface area contributed by atoms with E-state index in [1.165, 1.54) is 12.8 Å². The van der Waals surface area contributed by atoms with E-state index in [1.807, 2.05) is 13.0 Å². The molecule has 0 aliphatic heterocycles. The first kappa shape index (κ1) is 10.9. The van der Waals surface area contributed by atoms with Crippen molar-refractivity contribution in [1.29, 1.82) is 0 Å². The predicted molar refractivity (Wildman–Crippen MR) is 63.6 cm³/mol. The van der Waals surface area contributed by atoms with Crippen LogP contribution >= 0.6 is 0 Å². The number of pyridine rings is 1. The Balaban J connectivity index is 2.05. The van der Waals surface area contributed by atoms with Crippen LogP contribution in [0.3, 0.4) is 0 Å². The van der Waals surface area contributed by atoms with Gasteiger partial charge in [0.1, 0.15) is 5.82 Å². The third-order valence-corrected chi connectivity index (χ3v) is 2.72. The molecule has 0 aromatic carbocycles. The van der Waals surface area contributed by atoms with E-state index in [9.17, 15) is 4.79 Å². The number of aryl methyl sites for hydroxylation is 1. The number of aromatic nitrogens is 1. The van der Waals surface area contributed by atoms with Gasteiger partial charge in [-0.1, -0.05) is 0 Å². The van der Waals surface area contributed by atoms with E-state index < -0.39 is 0 Å². The van der Waals surface area contributed by atoms with Gasteiger partial charge in [0.15, 0.2) is 0 Å². The summed E-state index contributed by atoms with van der Waals surface area (Å²) in [5.74, 6) is 1.43. The van der Waals surface area contributed by atoms with Crippen LogP contribution in [0.15, 0.2) is 12.1 Å². The zero-order chi connectivity index (χ0) is 11.5. The highest BCUT2D eigenvalue weighted by molar-refractivity contribution is 5.95. The molecule has 0 bridgehead atoms. The molecule has 4 nitrogen and oxygen atoms in total. The van der Waals surface area contributed by atoms with Gasteiger partial charge in [-0.2, -0.15) is 0 Å². The number of nitrogens with one attached hydrogen (secondary N) is 2. The lowest BCUT2D eigenvalue weighted by Crippen LogP contribution is -2.25. The molecule has 0 atom stereocenters. The SMILES string of the molecule is CNc1cc(C(=O)NCC2CC2)cc(C)n1. The van der Waals surface area contributed by atoms with E-state index in [-0.39, 0.29) is 5.91 Å². The van der Waals surface area contributed by atoms with E-state index >= 15 is 0 Å². The fourth-order valence-electron chi connectivity index (χ4n) is 1.59. The van der Waals surface area contributed by atoms with Crippen LogP contribution in [0.1, 0.15) is 28.9 Å². The average molecular weight is 219 g/mol. The molecule has 2 N–H and O–H groups in total. The van der Waals surface area contributed by atoms with Crippen LogP contribution in [-0.4, -0.2) is 24.5 Å². The average Bonchev–Trinajstić information content (AvgIpc) is 3.08. The maximum atomic E-state index is 11.8. The normalized spacial score (nSPS) is 14.6. The van der Waals surface area contributed by atoms with E-state index in [0.717, 1.165) is 18.1 Å². The van der Waals surface area contributed by atoms with Crippen LogP contribution in [0.2, 0.25) is 0 Å². The number of carbonyl (C=O) groups is 1. The molecule has 4 heteroatoms. The molecule has 1 aromatic rings. The Morgan fingerprint density at radius 3 is 2.88 bits per heavy atom. The van der Waals surface area contributed by atoms with Crippen LogP contribution in [0.4, 0.5) is 5.82 Å². The van der Waals surface area contributed by atoms with E-state index in [2.05, 4.69) is 15.6 Å². The van der Waals surface area contributed by atoms with Gasteiger partial charge in [0.05, 0.1) is 0 Å². The van der Waals surface area contributed by atoms with Crippen molar-refractivity contribution in [3.63, 3.8) is 0 Å². The van der Waals surface area contributed by atoms with Crippen LogP contribution in [0.25, 0.3) is 0 Å². The number of carbonyl (C=O) groups excluding carboxylic acids is 1. The van der Waals surface area contributed by atoms with Crippen molar-refractivity contribution in [3.05, 3.63) is 23.4 Å². The summed E-state index contributed by atoms with van der Waals surface area (Å²) in [6.45, 7) is 2.69. The second kappa shape index (κ2) is 4.51. The van der Waals surface area contributed by atoms with Gasteiger partial charge in [-0.05, 0) is 37.8 Å². The Morgan fingerprint density at radius 2 is 2.25 bits per heavy atom. The number of anilines is 1. The Bertz CT molecular complexity index is 399. The molecule has 0 radical (unpaired) electrons. The van der Waals surface area contributed by atoms with E-state index in [4.69, 9.17) is 0 Å². The first-order chi connectivity index (χ1) is 7.69. The maximum absolute atomic E-state index is 11.8. The summed E-state index contributed by atoms with van der Waals surface area (Å²) in [5, 5.41) is 5.89. The second-order valence-electron chi connectivity index (χ2n) is 4.29. The highest BCUT2D eigenvalue weighted by Crippen LogP contribution is 2.27. The monoisotopic (exact) mass is 219 g/mol. The Morgan fingerprint density at radius 1 is 1.50 bits per heavy atom. The zero-order valence-electron chi connectivity index (χ0n) is 9.71. The van der Waals surface area contributed by atoms with Gasteiger partial charge < -0.3 is 10.6 Å². The molecule has 86 valence electrons. The summed E-state index contributed by atoms with van der Waals surface area (Å²) in [7, 11) is 1.80. The fraction of sp³-hybridized carbons (Fsp3) is 0.500. The van der Waals surface area contributed by atoms with Crippen molar-refractivity contribution in [3.8, 4) is 0 Å². The molecule has 0 spiro atoms. The quantitative estimate of drug-likeness (QED) is 0.808. The molecule has 1 aliphatic rings. The van der Waals surface area contributed by atoms with Gasteiger partial charge in [0, 0.05) is 24.8 Å². The van der Waals surface area contributed by atoms with Crippen molar-refractivity contribution >= 4 is 11.7 Å². The molecular formula is C12H17N3O. The number of hydrogen-bond acceptors (Lipinski definition) is 3. The summed E-state index contributed by atoms with van der Waals surface area (Å²) in [6.07, 6.45) is 2.49. The molecular weight excluding hydrogens is 202 g/mol. The molecule has 1 heterocycles. The Kier molecular flexibility index (Phi) is 3.08. The van der Waals surface area contributed by atoms with E-state index in [1.54, 1.807) is 13.1 Å². The molecule has 1 fully saturated rings. The Hall–Kier alpha value is -1.58. The zero-order valence-corrected chi connectivity index (χ0v) is 9.71. The topological polar surface area (TPSA) is 54.0 Å². The minimum Gasteiger partial charge on any atom is -0.373 e. The fourth-order valence-corrected chi connectivity index (χ4v) is 1.59. The smallest absolute Gasteiger partial charge is 0.251 e. The van der Waals surface area contributed by atoms with Crippen molar-refractivity contribution in [2.24, 2.45) is 5.92 Å². The van der Waals surface area contributed by atoms with Gasteiger partial charge in [-0.15, -0.1) is 0 Å². The van der Waals surface area contributed by atoms with Gasteiger partial charge in [0.2, 0.25) is 0 Å². The van der Waals surface area contributed by atoms with Gasteiger partial charge in [0.25, 0.3) is 5.91 Å². The molecule has 2 rings (SSSR count). The molecule has 0 unspecified atom stereocenters. The number of nitrogens with zero attached hydrogens (tertiary/aromatic N) is 1. The van der Waals surface area contributed by atoms with Gasteiger partial charge in [-0.25, -0.2) is 4.98 Å². The number of hydrogen-bond donors (Lipinski definition) is 2. The number of rotatable bonds is 4.